The molecule has 0 radical (unpaired) electrons. The van der Waals surface area contributed by atoms with Crippen molar-refractivity contribution in [2.75, 3.05) is 13.7 Å². The van der Waals surface area contributed by atoms with E-state index in [0.29, 0.717) is 5.82 Å². The molecule has 1 heterocycles. The number of aromatic nitrogens is 3. The number of amides is 1. The standard InChI is InChI=1S/C14H13FN4O2/c1-19(8-13-16-9-17-18-13)14(21)11-5-4-10(3-2-6-20)12(15)7-11/h4-5,7,9,20H,6,8H2,1H3,(H,16,17,18). The van der Waals surface area contributed by atoms with Crippen molar-refractivity contribution < 1.29 is 14.3 Å². The lowest BCUT2D eigenvalue weighted by molar-refractivity contribution is 0.0781. The van der Waals surface area contributed by atoms with Crippen LogP contribution in [-0.4, -0.2) is 44.7 Å². The highest BCUT2D eigenvalue weighted by Crippen LogP contribution is 2.12. The van der Waals surface area contributed by atoms with E-state index in [1.54, 1.807) is 7.05 Å². The third-order valence-electron chi connectivity index (χ3n) is 2.72. The van der Waals surface area contributed by atoms with Crippen LogP contribution in [0.2, 0.25) is 0 Å². The molecule has 2 N–H and O–H groups in total. The summed E-state index contributed by atoms with van der Waals surface area (Å²) in [4.78, 5) is 17.5. The summed E-state index contributed by atoms with van der Waals surface area (Å²) in [6, 6.07) is 4.03. The second-order valence-corrected chi connectivity index (χ2v) is 4.25. The second-order valence-electron chi connectivity index (χ2n) is 4.25. The molecule has 0 spiro atoms. The number of carbonyl (C=O) groups is 1. The Balaban J connectivity index is 2.14. The molecule has 0 saturated heterocycles. The van der Waals surface area contributed by atoms with Gasteiger partial charge in [0.2, 0.25) is 0 Å². The Morgan fingerprint density at radius 1 is 1.52 bits per heavy atom. The van der Waals surface area contributed by atoms with E-state index in [9.17, 15) is 9.18 Å². The lowest BCUT2D eigenvalue weighted by Crippen LogP contribution is -2.26. The number of aromatic amines is 1. The molecule has 2 rings (SSSR count). The SMILES string of the molecule is CN(Cc1ncn[nH]1)C(=O)c1ccc(C#CCO)c(F)c1. The zero-order chi connectivity index (χ0) is 15.2. The van der Waals surface area contributed by atoms with Gasteiger partial charge >= 0.3 is 0 Å². The van der Waals surface area contributed by atoms with E-state index in [0.717, 1.165) is 6.07 Å². The van der Waals surface area contributed by atoms with Crippen molar-refractivity contribution in [1.29, 1.82) is 0 Å². The molecule has 0 bridgehead atoms. The predicted molar refractivity (Wildman–Crippen MR) is 72.5 cm³/mol. The number of benzene rings is 1. The number of H-pyrrole nitrogens is 1. The average molecular weight is 288 g/mol. The number of aliphatic hydroxyl groups is 1. The van der Waals surface area contributed by atoms with Crippen molar-refractivity contribution in [2.24, 2.45) is 0 Å². The van der Waals surface area contributed by atoms with Crippen molar-refractivity contribution in [2.45, 2.75) is 6.54 Å². The normalized spacial score (nSPS) is 9.86. The Hall–Kier alpha value is -2.72. The van der Waals surface area contributed by atoms with Crippen molar-refractivity contribution in [3.63, 3.8) is 0 Å². The molecule has 108 valence electrons. The van der Waals surface area contributed by atoms with Gasteiger partial charge in [0.15, 0.2) is 0 Å². The highest BCUT2D eigenvalue weighted by molar-refractivity contribution is 5.94. The first-order valence-corrected chi connectivity index (χ1v) is 6.11. The number of aliphatic hydroxyl groups excluding tert-OH is 1. The van der Waals surface area contributed by atoms with Crippen molar-refractivity contribution in [3.8, 4) is 11.8 Å². The molecular weight excluding hydrogens is 275 g/mol. The Kier molecular flexibility index (Phi) is 4.64. The predicted octanol–water partition coefficient (Wildman–Crippen LogP) is 0.560. The van der Waals surface area contributed by atoms with E-state index in [1.807, 2.05) is 0 Å². The van der Waals surface area contributed by atoms with Gasteiger partial charge in [-0.25, -0.2) is 9.37 Å². The monoisotopic (exact) mass is 288 g/mol. The summed E-state index contributed by atoms with van der Waals surface area (Å²) in [5, 5.41) is 14.9. The van der Waals surface area contributed by atoms with Gasteiger partial charge in [-0.3, -0.25) is 9.89 Å². The van der Waals surface area contributed by atoms with Crippen LogP contribution in [0.25, 0.3) is 0 Å². The van der Waals surface area contributed by atoms with E-state index in [-0.39, 0.29) is 30.2 Å². The van der Waals surface area contributed by atoms with Gasteiger partial charge in [0, 0.05) is 12.6 Å². The number of hydrogen-bond donors (Lipinski definition) is 2. The van der Waals surface area contributed by atoms with Gasteiger partial charge in [0.25, 0.3) is 5.91 Å². The molecule has 7 heteroatoms. The fourth-order valence-corrected chi connectivity index (χ4v) is 1.71. The maximum Gasteiger partial charge on any atom is 0.254 e. The summed E-state index contributed by atoms with van der Waals surface area (Å²) in [5.41, 5.74) is 0.350. The van der Waals surface area contributed by atoms with Crippen LogP contribution in [0, 0.1) is 17.7 Å². The topological polar surface area (TPSA) is 82.1 Å². The van der Waals surface area contributed by atoms with Crippen molar-refractivity contribution >= 4 is 5.91 Å². The molecule has 0 unspecified atom stereocenters. The highest BCUT2D eigenvalue weighted by atomic mass is 19.1. The van der Waals surface area contributed by atoms with Crippen LogP contribution in [0.4, 0.5) is 4.39 Å². The zero-order valence-corrected chi connectivity index (χ0v) is 11.3. The van der Waals surface area contributed by atoms with Crippen LogP contribution in [0.3, 0.4) is 0 Å². The van der Waals surface area contributed by atoms with Gasteiger partial charge in [-0.1, -0.05) is 11.8 Å². The molecule has 0 fully saturated rings. The molecule has 2 aromatic rings. The minimum Gasteiger partial charge on any atom is -0.384 e. The van der Waals surface area contributed by atoms with Crippen LogP contribution < -0.4 is 0 Å². The fraction of sp³-hybridized carbons (Fsp3) is 0.214. The molecule has 6 nitrogen and oxygen atoms in total. The smallest absolute Gasteiger partial charge is 0.254 e. The van der Waals surface area contributed by atoms with Crippen LogP contribution >= 0.6 is 0 Å². The van der Waals surface area contributed by atoms with Gasteiger partial charge < -0.3 is 10.0 Å². The quantitative estimate of drug-likeness (QED) is 0.809. The number of halogens is 1. The number of nitrogens with one attached hydrogen (secondary N) is 1. The van der Waals surface area contributed by atoms with Crippen LogP contribution in [0.15, 0.2) is 24.5 Å². The summed E-state index contributed by atoms with van der Waals surface area (Å²) < 4.78 is 13.8. The molecule has 21 heavy (non-hydrogen) atoms. The Bertz CT molecular complexity index is 689. The molecule has 0 aliphatic carbocycles. The van der Waals surface area contributed by atoms with Gasteiger partial charge in [-0.15, -0.1) is 0 Å². The lowest BCUT2D eigenvalue weighted by Gasteiger charge is -2.15. The molecule has 0 atom stereocenters. The molecule has 1 aromatic heterocycles. The summed E-state index contributed by atoms with van der Waals surface area (Å²) in [6.45, 7) is -0.105. The third kappa shape index (κ3) is 3.64. The first kappa shape index (κ1) is 14.7. The lowest BCUT2D eigenvalue weighted by atomic mass is 10.1. The van der Waals surface area contributed by atoms with Gasteiger partial charge in [0.1, 0.15) is 24.6 Å². The Labute approximate surface area is 120 Å². The van der Waals surface area contributed by atoms with E-state index >= 15 is 0 Å². The first-order chi connectivity index (χ1) is 10.1. The second kappa shape index (κ2) is 6.63. The molecule has 0 saturated carbocycles. The summed E-state index contributed by atoms with van der Waals surface area (Å²) in [5.74, 6) is 4.42. The molecular formula is C14H13FN4O2. The summed E-state index contributed by atoms with van der Waals surface area (Å²) in [6.07, 6.45) is 1.35. The third-order valence-corrected chi connectivity index (χ3v) is 2.72. The van der Waals surface area contributed by atoms with Crippen LogP contribution in [-0.2, 0) is 6.54 Å². The van der Waals surface area contributed by atoms with Crippen LogP contribution in [0.5, 0.6) is 0 Å². The summed E-state index contributed by atoms with van der Waals surface area (Å²) >= 11 is 0. The zero-order valence-electron chi connectivity index (χ0n) is 11.3. The number of hydrogen-bond acceptors (Lipinski definition) is 4. The van der Waals surface area contributed by atoms with Crippen molar-refractivity contribution in [1.82, 2.24) is 20.1 Å². The molecule has 1 amide bonds. The number of rotatable bonds is 3. The molecule has 0 aliphatic rings. The Morgan fingerprint density at radius 2 is 2.33 bits per heavy atom. The van der Waals surface area contributed by atoms with Gasteiger partial charge in [-0.2, -0.15) is 5.10 Å². The van der Waals surface area contributed by atoms with E-state index in [1.165, 1.54) is 23.4 Å². The number of carbonyl (C=O) groups excluding carboxylic acids is 1. The maximum absolute atomic E-state index is 13.8. The number of nitrogens with zero attached hydrogens (tertiary/aromatic N) is 3. The maximum atomic E-state index is 13.8. The minimum absolute atomic E-state index is 0.137. The van der Waals surface area contributed by atoms with E-state index in [2.05, 4.69) is 27.0 Å². The minimum atomic E-state index is -0.602. The fourth-order valence-electron chi connectivity index (χ4n) is 1.71. The van der Waals surface area contributed by atoms with E-state index in [4.69, 9.17) is 5.11 Å². The van der Waals surface area contributed by atoms with Crippen LogP contribution in [0.1, 0.15) is 21.7 Å². The largest absolute Gasteiger partial charge is 0.384 e. The van der Waals surface area contributed by atoms with Gasteiger partial charge in [0.05, 0.1) is 12.1 Å². The first-order valence-electron chi connectivity index (χ1n) is 6.11. The summed E-state index contributed by atoms with van der Waals surface area (Å²) in [7, 11) is 1.59. The molecule has 1 aromatic carbocycles. The average Bonchev–Trinajstić information content (AvgIpc) is 2.98. The van der Waals surface area contributed by atoms with E-state index < -0.39 is 5.82 Å². The van der Waals surface area contributed by atoms with Crippen molar-refractivity contribution in [3.05, 3.63) is 47.3 Å². The molecule has 0 aliphatic heterocycles. The Morgan fingerprint density at radius 3 is 2.95 bits per heavy atom. The van der Waals surface area contributed by atoms with Gasteiger partial charge in [-0.05, 0) is 18.2 Å². The highest BCUT2D eigenvalue weighted by Gasteiger charge is 2.14.